The molecule has 10 heteroatoms. The van der Waals surface area contributed by atoms with Gasteiger partial charge >= 0.3 is 6.18 Å². The number of amides is 2. The minimum absolute atomic E-state index is 0.00426. The van der Waals surface area contributed by atoms with E-state index in [2.05, 4.69) is 4.98 Å². The molecule has 0 bridgehead atoms. The van der Waals surface area contributed by atoms with Crippen LogP contribution in [-0.2, 0) is 11.0 Å². The van der Waals surface area contributed by atoms with Crippen molar-refractivity contribution in [3.63, 3.8) is 0 Å². The molecule has 1 aliphatic rings. The van der Waals surface area contributed by atoms with Gasteiger partial charge in [-0.2, -0.15) is 13.2 Å². The minimum Gasteiger partial charge on any atom is -0.339 e. The number of hydrogen-bond donors (Lipinski definition) is 0. The van der Waals surface area contributed by atoms with Crippen LogP contribution in [0.4, 0.5) is 13.2 Å². The highest BCUT2D eigenvalue weighted by molar-refractivity contribution is 7.20. The molecular formula is C19H17F3N4O2S. The second-order valence-corrected chi connectivity index (χ2v) is 7.79. The average Bonchev–Trinajstić information content (AvgIpc) is 3.26. The van der Waals surface area contributed by atoms with E-state index in [4.69, 9.17) is 0 Å². The third kappa shape index (κ3) is 3.84. The van der Waals surface area contributed by atoms with Gasteiger partial charge in [-0.15, -0.1) is 0 Å². The maximum Gasteiger partial charge on any atom is 0.416 e. The van der Waals surface area contributed by atoms with Crippen LogP contribution in [0.15, 0.2) is 36.7 Å². The molecular weight excluding hydrogens is 405 g/mol. The maximum atomic E-state index is 12.7. The van der Waals surface area contributed by atoms with E-state index < -0.39 is 11.7 Å². The highest BCUT2D eigenvalue weighted by Gasteiger charge is 2.30. The van der Waals surface area contributed by atoms with Gasteiger partial charge in [-0.1, -0.05) is 23.5 Å². The molecule has 3 heterocycles. The van der Waals surface area contributed by atoms with E-state index in [0.29, 0.717) is 42.4 Å². The number of halogens is 3. The predicted molar refractivity (Wildman–Crippen MR) is 102 cm³/mol. The Bertz CT molecular complexity index is 1030. The maximum absolute atomic E-state index is 12.7. The Morgan fingerprint density at radius 3 is 2.17 bits per heavy atom. The van der Waals surface area contributed by atoms with E-state index in [0.717, 1.165) is 17.0 Å². The molecule has 1 aromatic carbocycles. The number of imidazole rings is 1. The lowest BCUT2D eigenvalue weighted by molar-refractivity contribution is -0.137. The average molecular weight is 422 g/mol. The third-order valence-corrected chi connectivity index (χ3v) is 5.93. The Balaban J connectivity index is 1.50. The van der Waals surface area contributed by atoms with E-state index in [1.807, 2.05) is 0 Å². The largest absolute Gasteiger partial charge is 0.416 e. The summed E-state index contributed by atoms with van der Waals surface area (Å²) in [5.74, 6) is -0.199. The third-order valence-electron chi connectivity index (χ3n) is 4.88. The number of carbonyl (C=O) groups is 2. The summed E-state index contributed by atoms with van der Waals surface area (Å²) < 4.78 is 39.8. The molecule has 0 radical (unpaired) electrons. The molecule has 3 aromatic rings. The molecule has 0 atom stereocenters. The van der Waals surface area contributed by atoms with Crippen molar-refractivity contribution in [2.75, 3.05) is 26.2 Å². The number of aromatic nitrogens is 2. The first-order chi connectivity index (χ1) is 13.7. The van der Waals surface area contributed by atoms with Gasteiger partial charge in [-0.05, 0) is 17.7 Å². The van der Waals surface area contributed by atoms with Crippen LogP contribution in [0.3, 0.4) is 0 Å². The van der Waals surface area contributed by atoms with Crippen LogP contribution in [0, 0.1) is 0 Å². The van der Waals surface area contributed by atoms with Gasteiger partial charge in [0.2, 0.25) is 5.91 Å². The number of thiazole rings is 1. The molecule has 1 aliphatic heterocycles. The van der Waals surface area contributed by atoms with Crippen LogP contribution in [0.2, 0.25) is 0 Å². The first-order valence-corrected chi connectivity index (χ1v) is 9.75. The number of alkyl halides is 3. The fourth-order valence-corrected chi connectivity index (χ4v) is 4.21. The predicted octanol–water partition coefficient (Wildman–Crippen LogP) is 3.39. The van der Waals surface area contributed by atoms with Crippen LogP contribution in [-0.4, -0.2) is 57.2 Å². The SMILES string of the molecule is CC(=O)N1CCN(C(=O)c2cn3cc(-c4ccc(C(F)(F)F)cc4)sc3n2)CC1. The molecule has 1 saturated heterocycles. The summed E-state index contributed by atoms with van der Waals surface area (Å²) in [6.45, 7) is 3.43. The molecule has 2 aromatic heterocycles. The number of nitrogens with zero attached hydrogens (tertiary/aromatic N) is 4. The number of benzene rings is 1. The number of carbonyl (C=O) groups excluding carboxylic acids is 2. The molecule has 6 nitrogen and oxygen atoms in total. The second-order valence-electron chi connectivity index (χ2n) is 6.78. The second kappa shape index (κ2) is 7.18. The van der Waals surface area contributed by atoms with Crippen molar-refractivity contribution in [2.24, 2.45) is 0 Å². The van der Waals surface area contributed by atoms with Gasteiger partial charge in [0.05, 0.1) is 10.4 Å². The monoisotopic (exact) mass is 422 g/mol. The number of fused-ring (bicyclic) bond motifs is 1. The van der Waals surface area contributed by atoms with Crippen LogP contribution in [0.1, 0.15) is 23.0 Å². The van der Waals surface area contributed by atoms with Crippen LogP contribution >= 0.6 is 11.3 Å². The Hall–Kier alpha value is -2.88. The van der Waals surface area contributed by atoms with Gasteiger partial charge in [0.25, 0.3) is 5.91 Å². The van der Waals surface area contributed by atoms with Gasteiger partial charge in [-0.25, -0.2) is 4.98 Å². The molecule has 0 spiro atoms. The molecule has 152 valence electrons. The summed E-state index contributed by atoms with van der Waals surface area (Å²) in [5.41, 5.74) is 0.272. The fraction of sp³-hybridized carbons (Fsp3) is 0.316. The molecule has 0 aliphatic carbocycles. The van der Waals surface area contributed by atoms with Crippen molar-refractivity contribution in [1.29, 1.82) is 0 Å². The summed E-state index contributed by atoms with van der Waals surface area (Å²) in [5, 5.41) is 0. The molecule has 29 heavy (non-hydrogen) atoms. The summed E-state index contributed by atoms with van der Waals surface area (Å²) in [7, 11) is 0. The van der Waals surface area contributed by atoms with Crippen molar-refractivity contribution < 1.29 is 22.8 Å². The summed E-state index contributed by atoms with van der Waals surface area (Å²) >= 11 is 1.30. The molecule has 0 saturated carbocycles. The normalized spacial score (nSPS) is 15.2. The lowest BCUT2D eigenvalue weighted by atomic mass is 10.1. The molecule has 1 fully saturated rings. The summed E-state index contributed by atoms with van der Waals surface area (Å²) in [6, 6.07) is 4.95. The zero-order chi connectivity index (χ0) is 20.8. The van der Waals surface area contributed by atoms with Gasteiger partial charge < -0.3 is 9.80 Å². The van der Waals surface area contributed by atoms with E-state index in [1.54, 1.807) is 26.6 Å². The minimum atomic E-state index is -4.37. The number of piperazine rings is 1. The van der Waals surface area contributed by atoms with Gasteiger partial charge in [-0.3, -0.25) is 14.0 Å². The van der Waals surface area contributed by atoms with Crippen LogP contribution < -0.4 is 0 Å². The molecule has 2 amide bonds. The van der Waals surface area contributed by atoms with E-state index in [1.165, 1.54) is 30.4 Å². The lowest BCUT2D eigenvalue weighted by Gasteiger charge is -2.33. The van der Waals surface area contributed by atoms with E-state index in [9.17, 15) is 22.8 Å². The Kier molecular flexibility index (Phi) is 4.81. The lowest BCUT2D eigenvalue weighted by Crippen LogP contribution is -2.50. The van der Waals surface area contributed by atoms with Gasteiger partial charge in [0.1, 0.15) is 5.69 Å². The van der Waals surface area contributed by atoms with Crippen molar-refractivity contribution in [2.45, 2.75) is 13.1 Å². The first-order valence-electron chi connectivity index (χ1n) is 8.93. The van der Waals surface area contributed by atoms with Gasteiger partial charge in [0.15, 0.2) is 4.96 Å². The van der Waals surface area contributed by atoms with Crippen molar-refractivity contribution in [3.05, 3.63) is 47.9 Å². The zero-order valence-corrected chi connectivity index (χ0v) is 16.3. The van der Waals surface area contributed by atoms with Crippen LogP contribution in [0.25, 0.3) is 15.4 Å². The summed E-state index contributed by atoms with van der Waals surface area (Å²) in [6.07, 6.45) is -0.993. The highest BCUT2D eigenvalue weighted by Crippen LogP contribution is 2.33. The number of rotatable bonds is 2. The van der Waals surface area contributed by atoms with E-state index >= 15 is 0 Å². The molecule has 0 unspecified atom stereocenters. The molecule has 4 rings (SSSR count). The topological polar surface area (TPSA) is 57.9 Å². The molecule has 0 N–H and O–H groups in total. The smallest absolute Gasteiger partial charge is 0.339 e. The van der Waals surface area contributed by atoms with Crippen molar-refractivity contribution in [1.82, 2.24) is 19.2 Å². The Morgan fingerprint density at radius 1 is 1.00 bits per heavy atom. The Morgan fingerprint density at radius 2 is 1.62 bits per heavy atom. The van der Waals surface area contributed by atoms with Crippen LogP contribution in [0.5, 0.6) is 0 Å². The Labute approximate surface area is 168 Å². The number of hydrogen-bond acceptors (Lipinski definition) is 4. The quantitative estimate of drug-likeness (QED) is 0.636. The van der Waals surface area contributed by atoms with Crippen molar-refractivity contribution in [3.8, 4) is 10.4 Å². The van der Waals surface area contributed by atoms with E-state index in [-0.39, 0.29) is 11.8 Å². The van der Waals surface area contributed by atoms with Crippen molar-refractivity contribution >= 4 is 28.1 Å². The summed E-state index contributed by atoms with van der Waals surface area (Å²) in [4.78, 5) is 33.2. The standard InChI is InChI=1S/C19H17F3N4O2S/c1-12(27)24-6-8-25(9-7-24)17(28)15-10-26-11-16(29-18(26)23-15)13-2-4-14(5-3-13)19(20,21)22/h2-5,10-11H,6-9H2,1H3. The zero-order valence-electron chi connectivity index (χ0n) is 15.4. The van der Waals surface area contributed by atoms with Gasteiger partial charge in [0, 0.05) is 45.5 Å². The first kappa shape index (κ1) is 19.4. The highest BCUT2D eigenvalue weighted by atomic mass is 32.1. The fourth-order valence-electron chi connectivity index (χ4n) is 3.24.